The second-order valence-electron chi connectivity index (χ2n) is 6.82. The van der Waals surface area contributed by atoms with Crippen molar-refractivity contribution in [3.63, 3.8) is 0 Å². The average Bonchev–Trinajstić information content (AvgIpc) is 3.22. The number of benzene rings is 2. The molecule has 1 aromatic heterocycles. The summed E-state index contributed by atoms with van der Waals surface area (Å²) >= 11 is 7.34. The Bertz CT molecular complexity index is 1020. The van der Waals surface area contributed by atoms with Crippen LogP contribution in [0.3, 0.4) is 0 Å². The summed E-state index contributed by atoms with van der Waals surface area (Å²) in [5, 5.41) is 3.26. The molecular weight excluding hydrogens is 436 g/mol. The quantitative estimate of drug-likeness (QED) is 0.438. The molecule has 3 rings (SSSR count). The van der Waals surface area contributed by atoms with E-state index >= 15 is 0 Å². The van der Waals surface area contributed by atoms with E-state index in [2.05, 4.69) is 4.98 Å². The zero-order chi connectivity index (χ0) is 22.2. The molecule has 0 fully saturated rings. The van der Waals surface area contributed by atoms with Gasteiger partial charge in [0.05, 0.1) is 18.7 Å². The van der Waals surface area contributed by atoms with E-state index in [9.17, 15) is 9.59 Å². The molecule has 0 aliphatic heterocycles. The number of thiazole rings is 1. The third kappa shape index (κ3) is 6.80. The maximum absolute atomic E-state index is 12.3. The van der Waals surface area contributed by atoms with Crippen LogP contribution in [0.4, 0.5) is 0 Å². The molecule has 0 aliphatic carbocycles. The maximum atomic E-state index is 12.3. The molecule has 0 spiro atoms. The summed E-state index contributed by atoms with van der Waals surface area (Å²) in [5.74, 6) is 0.0218. The van der Waals surface area contributed by atoms with E-state index in [0.717, 1.165) is 21.9 Å². The Labute approximate surface area is 190 Å². The number of nitrogens with zero attached hydrogens (tertiary/aromatic N) is 2. The summed E-state index contributed by atoms with van der Waals surface area (Å²) in [5.41, 5.74) is 2.50. The molecule has 0 aliphatic rings. The van der Waals surface area contributed by atoms with Crippen molar-refractivity contribution in [2.24, 2.45) is 0 Å². The standard InChI is InChI=1S/C23H23ClN2O4S/c1-3-29-20-10-4-16(5-11-20)13-26(2)21(27)14-30-22(28)12-19-15-31-23(25-19)17-6-8-18(24)9-7-17/h4-11,15H,3,12-14H2,1-2H3. The largest absolute Gasteiger partial charge is 0.494 e. The van der Waals surface area contributed by atoms with Gasteiger partial charge in [-0.05, 0) is 36.8 Å². The monoisotopic (exact) mass is 458 g/mol. The molecule has 1 heterocycles. The van der Waals surface area contributed by atoms with Crippen LogP contribution in [0.1, 0.15) is 18.2 Å². The van der Waals surface area contributed by atoms with Gasteiger partial charge in [0.2, 0.25) is 0 Å². The lowest BCUT2D eigenvalue weighted by Gasteiger charge is -2.17. The molecule has 0 bridgehead atoms. The number of amides is 1. The van der Waals surface area contributed by atoms with Gasteiger partial charge in [-0.3, -0.25) is 9.59 Å². The smallest absolute Gasteiger partial charge is 0.312 e. The van der Waals surface area contributed by atoms with Gasteiger partial charge in [-0.15, -0.1) is 11.3 Å². The number of hydrogen-bond acceptors (Lipinski definition) is 6. The summed E-state index contributed by atoms with van der Waals surface area (Å²) in [6.45, 7) is 2.64. The zero-order valence-corrected chi connectivity index (χ0v) is 18.9. The van der Waals surface area contributed by atoms with Crippen LogP contribution in [0.15, 0.2) is 53.9 Å². The fourth-order valence-corrected chi connectivity index (χ4v) is 3.74. The summed E-state index contributed by atoms with van der Waals surface area (Å²) in [7, 11) is 1.67. The Hall–Kier alpha value is -2.90. The van der Waals surface area contributed by atoms with Gasteiger partial charge in [-0.2, -0.15) is 0 Å². The fraction of sp³-hybridized carbons (Fsp3) is 0.261. The van der Waals surface area contributed by atoms with E-state index in [4.69, 9.17) is 21.1 Å². The number of carbonyl (C=O) groups is 2. The summed E-state index contributed by atoms with van der Waals surface area (Å²) in [6, 6.07) is 14.9. The van der Waals surface area contributed by atoms with Crippen molar-refractivity contribution in [1.82, 2.24) is 9.88 Å². The van der Waals surface area contributed by atoms with Crippen LogP contribution >= 0.6 is 22.9 Å². The van der Waals surface area contributed by atoms with Gasteiger partial charge in [-0.25, -0.2) is 4.98 Å². The Morgan fingerprint density at radius 1 is 1.10 bits per heavy atom. The minimum absolute atomic E-state index is 0.0139. The molecular formula is C23H23ClN2O4S. The Balaban J connectivity index is 1.45. The normalized spacial score (nSPS) is 10.5. The van der Waals surface area contributed by atoms with Crippen LogP contribution in [0, 0.1) is 0 Å². The SMILES string of the molecule is CCOc1ccc(CN(C)C(=O)COC(=O)Cc2csc(-c3ccc(Cl)cc3)n2)cc1. The average molecular weight is 459 g/mol. The van der Waals surface area contributed by atoms with Gasteiger partial charge in [0.25, 0.3) is 5.91 Å². The van der Waals surface area contributed by atoms with Crippen LogP contribution in [0.25, 0.3) is 10.6 Å². The molecule has 6 nitrogen and oxygen atoms in total. The number of carbonyl (C=O) groups excluding carboxylic acids is 2. The lowest BCUT2D eigenvalue weighted by atomic mass is 10.2. The van der Waals surface area contributed by atoms with Gasteiger partial charge in [0.1, 0.15) is 10.8 Å². The molecule has 2 aromatic carbocycles. The van der Waals surface area contributed by atoms with Crippen molar-refractivity contribution in [1.29, 1.82) is 0 Å². The van der Waals surface area contributed by atoms with Crippen molar-refractivity contribution < 1.29 is 19.1 Å². The molecule has 162 valence electrons. The van der Waals surface area contributed by atoms with Gasteiger partial charge < -0.3 is 14.4 Å². The van der Waals surface area contributed by atoms with E-state index < -0.39 is 5.97 Å². The number of likely N-dealkylation sites (N-methyl/N-ethyl adjacent to an activating group) is 1. The molecule has 3 aromatic rings. The van der Waals surface area contributed by atoms with Crippen molar-refractivity contribution in [3.8, 4) is 16.3 Å². The van der Waals surface area contributed by atoms with E-state index in [1.165, 1.54) is 16.2 Å². The number of esters is 1. The summed E-state index contributed by atoms with van der Waals surface area (Å²) < 4.78 is 10.6. The Morgan fingerprint density at radius 3 is 2.48 bits per heavy atom. The first-order valence-electron chi connectivity index (χ1n) is 9.76. The topological polar surface area (TPSA) is 68.7 Å². The molecule has 0 saturated carbocycles. The van der Waals surface area contributed by atoms with Crippen LogP contribution < -0.4 is 4.74 Å². The predicted octanol–water partition coefficient (Wildman–Crippen LogP) is 4.61. The highest BCUT2D eigenvalue weighted by atomic mass is 35.5. The first kappa shape index (κ1) is 22.8. The van der Waals surface area contributed by atoms with Gasteiger partial charge in [-0.1, -0.05) is 35.9 Å². The number of halogens is 1. The highest BCUT2D eigenvalue weighted by molar-refractivity contribution is 7.13. The van der Waals surface area contributed by atoms with Crippen molar-refractivity contribution in [2.75, 3.05) is 20.3 Å². The molecule has 0 radical (unpaired) electrons. The van der Waals surface area contributed by atoms with Crippen molar-refractivity contribution in [3.05, 3.63) is 70.2 Å². The van der Waals surface area contributed by atoms with Gasteiger partial charge in [0.15, 0.2) is 6.61 Å². The highest BCUT2D eigenvalue weighted by Crippen LogP contribution is 2.25. The molecule has 0 unspecified atom stereocenters. The number of hydrogen-bond donors (Lipinski definition) is 0. The molecule has 8 heteroatoms. The van der Waals surface area contributed by atoms with Crippen LogP contribution in [-0.4, -0.2) is 42.0 Å². The maximum Gasteiger partial charge on any atom is 0.312 e. The van der Waals surface area contributed by atoms with Crippen molar-refractivity contribution >= 4 is 34.8 Å². The molecule has 0 saturated heterocycles. The predicted molar refractivity (Wildman–Crippen MR) is 121 cm³/mol. The highest BCUT2D eigenvalue weighted by Gasteiger charge is 2.15. The third-order valence-corrected chi connectivity index (χ3v) is 5.60. The molecule has 0 atom stereocenters. The summed E-state index contributed by atoms with van der Waals surface area (Å²) in [4.78, 5) is 30.4. The first-order chi connectivity index (χ1) is 14.9. The Kier molecular flexibility index (Phi) is 8.03. The summed E-state index contributed by atoms with van der Waals surface area (Å²) in [6.07, 6.45) is 0.0139. The lowest BCUT2D eigenvalue weighted by molar-refractivity contribution is -0.151. The minimum Gasteiger partial charge on any atom is -0.494 e. The second kappa shape index (κ2) is 10.9. The van der Waals surface area contributed by atoms with Crippen molar-refractivity contribution in [2.45, 2.75) is 19.9 Å². The van der Waals surface area contributed by atoms with Crippen LogP contribution in [0.2, 0.25) is 5.02 Å². The lowest BCUT2D eigenvalue weighted by Crippen LogP contribution is -2.31. The van der Waals surface area contributed by atoms with E-state index in [1.807, 2.05) is 48.7 Å². The second-order valence-corrected chi connectivity index (χ2v) is 8.11. The zero-order valence-electron chi connectivity index (χ0n) is 17.3. The van der Waals surface area contributed by atoms with Crippen LogP contribution in [-0.2, 0) is 27.3 Å². The number of ether oxygens (including phenoxy) is 2. The fourth-order valence-electron chi connectivity index (χ4n) is 2.78. The minimum atomic E-state index is -0.490. The van der Waals surface area contributed by atoms with E-state index in [-0.39, 0.29) is 18.9 Å². The first-order valence-corrected chi connectivity index (χ1v) is 11.0. The third-order valence-electron chi connectivity index (χ3n) is 4.40. The van der Waals surface area contributed by atoms with Crippen LogP contribution in [0.5, 0.6) is 5.75 Å². The number of aromatic nitrogens is 1. The Morgan fingerprint density at radius 2 is 1.81 bits per heavy atom. The van der Waals surface area contributed by atoms with E-state index in [0.29, 0.717) is 23.9 Å². The van der Waals surface area contributed by atoms with Gasteiger partial charge in [0, 0.05) is 29.6 Å². The van der Waals surface area contributed by atoms with E-state index in [1.54, 1.807) is 19.2 Å². The molecule has 0 N–H and O–H groups in total. The molecule has 31 heavy (non-hydrogen) atoms. The molecule has 1 amide bonds. The number of rotatable bonds is 9. The van der Waals surface area contributed by atoms with Gasteiger partial charge >= 0.3 is 5.97 Å².